The molecule has 3 unspecified atom stereocenters. The van der Waals surface area contributed by atoms with Gasteiger partial charge in [-0.25, -0.2) is 0 Å². The maximum absolute atomic E-state index is 13.2. The largest absolute Gasteiger partial charge is 0.490 e. The molecule has 0 saturated carbocycles. The molecular formula is C26H29Cl2F3N2O3. The first-order valence-electron chi connectivity index (χ1n) is 12.0. The lowest BCUT2D eigenvalue weighted by Crippen LogP contribution is -2.44. The number of aliphatic hydroxyl groups excluding tert-OH is 1. The highest BCUT2D eigenvalue weighted by atomic mass is 35.5. The van der Waals surface area contributed by atoms with Gasteiger partial charge in [-0.3, -0.25) is 9.69 Å². The predicted molar refractivity (Wildman–Crippen MR) is 132 cm³/mol. The molecule has 196 valence electrons. The second-order valence-corrected chi connectivity index (χ2v) is 10.4. The molecule has 4 rings (SSSR count). The van der Waals surface area contributed by atoms with Gasteiger partial charge in [0.1, 0.15) is 11.9 Å². The lowest BCUT2D eigenvalue weighted by molar-refractivity contribution is -0.137. The molecule has 1 N–H and O–H groups in total. The quantitative estimate of drug-likeness (QED) is 0.523. The fourth-order valence-corrected chi connectivity index (χ4v) is 5.30. The first-order chi connectivity index (χ1) is 17.0. The van der Waals surface area contributed by atoms with Crippen molar-refractivity contribution in [1.82, 2.24) is 9.80 Å². The maximum atomic E-state index is 13.2. The molecule has 2 heterocycles. The first kappa shape index (κ1) is 27.0. The Morgan fingerprint density at radius 2 is 1.75 bits per heavy atom. The molecule has 2 aromatic carbocycles. The van der Waals surface area contributed by atoms with E-state index in [4.69, 9.17) is 27.9 Å². The van der Waals surface area contributed by atoms with E-state index < -0.39 is 11.7 Å². The van der Waals surface area contributed by atoms with Gasteiger partial charge in [-0.05, 0) is 61.7 Å². The Labute approximate surface area is 218 Å². The van der Waals surface area contributed by atoms with E-state index in [-0.39, 0.29) is 36.5 Å². The number of carbonyl (C=O) groups is 1. The number of halogens is 5. The van der Waals surface area contributed by atoms with Gasteiger partial charge in [0.2, 0.25) is 5.91 Å². The van der Waals surface area contributed by atoms with E-state index in [9.17, 15) is 23.1 Å². The van der Waals surface area contributed by atoms with Gasteiger partial charge in [-0.15, -0.1) is 0 Å². The number of alkyl halides is 3. The van der Waals surface area contributed by atoms with Crippen molar-refractivity contribution >= 4 is 29.1 Å². The minimum Gasteiger partial charge on any atom is -0.490 e. The second kappa shape index (κ2) is 11.2. The fourth-order valence-electron chi connectivity index (χ4n) is 5.00. The third-order valence-corrected chi connectivity index (χ3v) is 7.85. The molecule has 0 radical (unpaired) electrons. The number of likely N-dealkylation sites (tertiary alicyclic amines) is 2. The molecule has 2 aliphatic heterocycles. The number of carbonyl (C=O) groups excluding carboxylic acids is 1. The van der Waals surface area contributed by atoms with Gasteiger partial charge in [-0.1, -0.05) is 29.3 Å². The Morgan fingerprint density at radius 3 is 2.36 bits per heavy atom. The van der Waals surface area contributed by atoms with Gasteiger partial charge in [0.15, 0.2) is 0 Å². The number of amides is 1. The van der Waals surface area contributed by atoms with Crippen molar-refractivity contribution in [1.29, 1.82) is 0 Å². The van der Waals surface area contributed by atoms with Crippen LogP contribution in [0.3, 0.4) is 0 Å². The topological polar surface area (TPSA) is 53.0 Å². The molecule has 0 aliphatic carbocycles. The number of hydrogen-bond donors (Lipinski definition) is 1. The molecule has 2 fully saturated rings. The molecule has 2 aromatic rings. The number of rotatable bonds is 6. The maximum Gasteiger partial charge on any atom is 0.416 e. The molecule has 10 heteroatoms. The summed E-state index contributed by atoms with van der Waals surface area (Å²) in [7, 11) is 0. The van der Waals surface area contributed by atoms with Crippen LogP contribution in [0.1, 0.15) is 36.8 Å². The number of aliphatic hydroxyl groups is 1. The van der Waals surface area contributed by atoms with Crippen molar-refractivity contribution in [3.8, 4) is 5.75 Å². The van der Waals surface area contributed by atoms with E-state index in [0.29, 0.717) is 54.8 Å². The lowest BCUT2D eigenvalue weighted by Gasteiger charge is -2.30. The summed E-state index contributed by atoms with van der Waals surface area (Å²) in [5.74, 6) is 0.133. The normalized spacial score (nSPS) is 22.6. The smallest absolute Gasteiger partial charge is 0.416 e. The van der Waals surface area contributed by atoms with Crippen LogP contribution in [0.4, 0.5) is 13.2 Å². The zero-order valence-corrected chi connectivity index (χ0v) is 21.4. The number of hydrogen-bond acceptors (Lipinski definition) is 4. The number of piperidine rings is 1. The van der Waals surface area contributed by atoms with Crippen molar-refractivity contribution in [3.63, 3.8) is 0 Å². The Kier molecular flexibility index (Phi) is 8.39. The standard InChI is InChI=1S/C26H29Cl2F3N2O3/c1-16(36-20-5-3-18(4-6-20)26(29,30)31)21-13-33(25(35)15-32-10-8-19(34)9-11-32)14-22(21)17-2-7-23(27)24(28)12-17/h2-7,12,16,19,21-22,34H,8-11,13-15H2,1H3. The van der Waals surface area contributed by atoms with E-state index in [2.05, 4.69) is 4.90 Å². The Hall–Kier alpha value is -2.00. The first-order valence-corrected chi connectivity index (χ1v) is 12.7. The third-order valence-electron chi connectivity index (χ3n) is 7.11. The lowest BCUT2D eigenvalue weighted by atomic mass is 9.85. The number of nitrogens with zero attached hydrogens (tertiary/aromatic N) is 2. The van der Waals surface area contributed by atoms with Crippen LogP contribution in [-0.2, 0) is 11.0 Å². The van der Waals surface area contributed by atoms with Crippen molar-refractivity contribution in [3.05, 3.63) is 63.6 Å². The number of benzene rings is 2. The van der Waals surface area contributed by atoms with E-state index >= 15 is 0 Å². The van der Waals surface area contributed by atoms with E-state index in [1.807, 2.05) is 17.9 Å². The van der Waals surface area contributed by atoms with E-state index in [0.717, 1.165) is 17.7 Å². The average molecular weight is 545 g/mol. The van der Waals surface area contributed by atoms with Crippen molar-refractivity contribution < 1.29 is 27.8 Å². The van der Waals surface area contributed by atoms with Gasteiger partial charge in [0.05, 0.1) is 28.3 Å². The molecule has 36 heavy (non-hydrogen) atoms. The van der Waals surface area contributed by atoms with E-state index in [1.165, 1.54) is 12.1 Å². The summed E-state index contributed by atoms with van der Waals surface area (Å²) in [5.41, 5.74) is 0.188. The van der Waals surface area contributed by atoms with Crippen LogP contribution in [-0.4, -0.2) is 65.7 Å². The highest BCUT2D eigenvalue weighted by Gasteiger charge is 2.40. The Balaban J connectivity index is 1.50. The highest BCUT2D eigenvalue weighted by molar-refractivity contribution is 6.42. The summed E-state index contributed by atoms with van der Waals surface area (Å²) in [6.45, 7) is 4.41. The van der Waals surface area contributed by atoms with Crippen molar-refractivity contribution in [2.45, 2.75) is 44.1 Å². The molecule has 0 aromatic heterocycles. The second-order valence-electron chi connectivity index (χ2n) is 9.60. The van der Waals surface area contributed by atoms with Gasteiger partial charge in [0, 0.05) is 38.0 Å². The summed E-state index contributed by atoms with van der Waals surface area (Å²) >= 11 is 12.4. The summed E-state index contributed by atoms with van der Waals surface area (Å²) in [6, 6.07) is 10.0. The summed E-state index contributed by atoms with van der Waals surface area (Å²) in [6.07, 6.45) is -3.81. The minimum atomic E-state index is -4.41. The molecule has 1 amide bonds. The summed E-state index contributed by atoms with van der Waals surface area (Å²) in [4.78, 5) is 17.0. The fraction of sp³-hybridized carbons (Fsp3) is 0.500. The average Bonchev–Trinajstić information content (AvgIpc) is 3.28. The van der Waals surface area contributed by atoms with Crippen LogP contribution in [0.5, 0.6) is 5.75 Å². The summed E-state index contributed by atoms with van der Waals surface area (Å²) in [5, 5.41) is 10.6. The van der Waals surface area contributed by atoms with E-state index in [1.54, 1.807) is 12.1 Å². The van der Waals surface area contributed by atoms with Crippen LogP contribution in [0, 0.1) is 5.92 Å². The highest BCUT2D eigenvalue weighted by Crippen LogP contribution is 2.39. The monoisotopic (exact) mass is 544 g/mol. The van der Waals surface area contributed by atoms with Gasteiger partial charge < -0.3 is 14.7 Å². The Bertz CT molecular complexity index is 1060. The third kappa shape index (κ3) is 6.46. The summed E-state index contributed by atoms with van der Waals surface area (Å²) < 4.78 is 44.8. The molecule has 2 saturated heterocycles. The van der Waals surface area contributed by atoms with Gasteiger partial charge in [0.25, 0.3) is 0 Å². The minimum absolute atomic E-state index is 0.000630. The van der Waals surface area contributed by atoms with Crippen LogP contribution < -0.4 is 4.74 Å². The van der Waals surface area contributed by atoms with Gasteiger partial charge >= 0.3 is 6.18 Å². The van der Waals surface area contributed by atoms with Crippen molar-refractivity contribution in [2.24, 2.45) is 5.92 Å². The molecule has 5 nitrogen and oxygen atoms in total. The number of ether oxygens (including phenoxy) is 1. The van der Waals surface area contributed by atoms with Crippen molar-refractivity contribution in [2.75, 3.05) is 32.7 Å². The molecule has 0 bridgehead atoms. The molecule has 0 spiro atoms. The van der Waals surface area contributed by atoms with Crippen LogP contribution in [0.15, 0.2) is 42.5 Å². The SMILES string of the molecule is CC(Oc1ccc(C(F)(F)F)cc1)C1CN(C(=O)CN2CCC(O)CC2)CC1c1ccc(Cl)c(Cl)c1. The van der Waals surface area contributed by atoms with Crippen LogP contribution in [0.2, 0.25) is 10.0 Å². The van der Waals surface area contributed by atoms with Gasteiger partial charge in [-0.2, -0.15) is 13.2 Å². The molecule has 2 aliphatic rings. The molecular weight excluding hydrogens is 516 g/mol. The zero-order chi connectivity index (χ0) is 26.0. The molecule has 3 atom stereocenters. The van der Waals surface area contributed by atoms with Crippen LogP contribution in [0.25, 0.3) is 0 Å². The Morgan fingerprint density at radius 1 is 1.08 bits per heavy atom. The predicted octanol–water partition coefficient (Wildman–Crippen LogP) is 5.48. The van der Waals surface area contributed by atoms with Crippen LogP contribution >= 0.6 is 23.2 Å². The zero-order valence-electron chi connectivity index (χ0n) is 19.8.